The Hall–Kier alpha value is -0.0900. The lowest BCUT2D eigenvalue weighted by Crippen LogP contribution is -2.38. The van der Waals surface area contributed by atoms with Gasteiger partial charge in [-0.3, -0.25) is 0 Å². The van der Waals surface area contributed by atoms with Crippen molar-refractivity contribution >= 4 is 9.84 Å². The van der Waals surface area contributed by atoms with E-state index in [9.17, 15) is 8.42 Å². The molecule has 0 aliphatic heterocycles. The van der Waals surface area contributed by atoms with Crippen LogP contribution in [0.4, 0.5) is 0 Å². The molecule has 0 saturated heterocycles. The third-order valence-corrected chi connectivity index (χ3v) is 3.65. The van der Waals surface area contributed by atoms with Gasteiger partial charge in [0.1, 0.15) is 9.84 Å². The molecule has 0 spiro atoms. The van der Waals surface area contributed by atoms with Crippen LogP contribution in [-0.2, 0) is 9.84 Å². The lowest BCUT2D eigenvalue weighted by Gasteiger charge is -2.19. The topological polar surface area (TPSA) is 46.2 Å². The van der Waals surface area contributed by atoms with Crippen LogP contribution in [0.3, 0.4) is 0 Å². The molecule has 0 aromatic heterocycles. The van der Waals surface area contributed by atoms with E-state index >= 15 is 0 Å². The van der Waals surface area contributed by atoms with Gasteiger partial charge in [0.05, 0.1) is 5.75 Å². The zero-order valence-electron chi connectivity index (χ0n) is 11.3. The summed E-state index contributed by atoms with van der Waals surface area (Å²) in [5, 5.41) is 3.33. The molecule has 0 aliphatic carbocycles. The van der Waals surface area contributed by atoms with Crippen molar-refractivity contribution in [2.75, 3.05) is 12.0 Å². The van der Waals surface area contributed by atoms with Crippen molar-refractivity contribution in [2.24, 2.45) is 5.92 Å². The molecule has 98 valence electrons. The van der Waals surface area contributed by atoms with Gasteiger partial charge in [0.2, 0.25) is 0 Å². The average Bonchev–Trinajstić information content (AvgIpc) is 1.98. The summed E-state index contributed by atoms with van der Waals surface area (Å²) in [6.07, 6.45) is 4.85. The minimum Gasteiger partial charge on any atom is -0.311 e. The zero-order chi connectivity index (χ0) is 12.8. The Morgan fingerprint density at radius 2 is 1.56 bits per heavy atom. The summed E-state index contributed by atoms with van der Waals surface area (Å²) in [5.74, 6) is 0.974. The Labute approximate surface area is 101 Å². The second-order valence-corrected chi connectivity index (χ2v) is 7.57. The van der Waals surface area contributed by atoms with E-state index in [2.05, 4.69) is 26.1 Å². The summed E-state index contributed by atoms with van der Waals surface area (Å²) in [6, 6.07) is 0.444. The first kappa shape index (κ1) is 15.9. The summed E-state index contributed by atoms with van der Waals surface area (Å²) >= 11 is 0. The van der Waals surface area contributed by atoms with Crippen LogP contribution in [-0.4, -0.2) is 32.5 Å². The molecule has 0 bridgehead atoms. The fourth-order valence-electron chi connectivity index (χ4n) is 1.90. The van der Waals surface area contributed by atoms with Gasteiger partial charge in [-0.15, -0.1) is 0 Å². The van der Waals surface area contributed by atoms with Gasteiger partial charge >= 0.3 is 0 Å². The molecule has 1 N–H and O–H groups in total. The molecule has 2 unspecified atom stereocenters. The molecule has 0 rings (SSSR count). The fraction of sp³-hybridized carbons (Fsp3) is 1.00. The van der Waals surface area contributed by atoms with E-state index in [-0.39, 0.29) is 11.8 Å². The van der Waals surface area contributed by atoms with Gasteiger partial charge < -0.3 is 5.32 Å². The minimum absolute atomic E-state index is 0.0454. The maximum absolute atomic E-state index is 11.1. The number of sulfone groups is 1. The van der Waals surface area contributed by atoms with Crippen molar-refractivity contribution in [1.82, 2.24) is 5.32 Å². The van der Waals surface area contributed by atoms with Crippen molar-refractivity contribution in [2.45, 2.75) is 59.0 Å². The van der Waals surface area contributed by atoms with E-state index in [0.717, 1.165) is 12.3 Å². The molecule has 0 fully saturated rings. The highest BCUT2D eigenvalue weighted by Crippen LogP contribution is 2.08. The molecule has 0 heterocycles. The fourth-order valence-corrected chi connectivity index (χ4v) is 2.91. The Kier molecular flexibility index (Phi) is 7.24. The summed E-state index contributed by atoms with van der Waals surface area (Å²) in [5.41, 5.74) is 0. The van der Waals surface area contributed by atoms with E-state index in [1.165, 1.54) is 19.1 Å². The molecule has 0 amide bonds. The number of nitrogens with one attached hydrogen (secondary N) is 1. The van der Waals surface area contributed by atoms with Crippen molar-refractivity contribution in [3.8, 4) is 0 Å². The summed E-state index contributed by atoms with van der Waals surface area (Å²) in [6.45, 7) is 8.51. The van der Waals surface area contributed by atoms with Gasteiger partial charge in [0.15, 0.2) is 0 Å². The second-order valence-electron chi connectivity index (χ2n) is 5.39. The van der Waals surface area contributed by atoms with Crippen LogP contribution in [0.1, 0.15) is 47.0 Å². The molecule has 2 atom stereocenters. The molecule has 16 heavy (non-hydrogen) atoms. The zero-order valence-corrected chi connectivity index (χ0v) is 12.1. The van der Waals surface area contributed by atoms with Crippen molar-refractivity contribution in [1.29, 1.82) is 0 Å². The lowest BCUT2D eigenvalue weighted by molar-refractivity contribution is 0.430. The normalized spacial score (nSPS) is 16.4. The molecular formula is C12H27NO2S. The van der Waals surface area contributed by atoms with Crippen LogP contribution in [0, 0.1) is 5.92 Å². The van der Waals surface area contributed by atoms with Crippen molar-refractivity contribution in [3.05, 3.63) is 0 Å². The van der Waals surface area contributed by atoms with Crippen LogP contribution in [0.5, 0.6) is 0 Å². The van der Waals surface area contributed by atoms with Crippen LogP contribution in [0.2, 0.25) is 0 Å². The summed E-state index contributed by atoms with van der Waals surface area (Å²) < 4.78 is 22.2. The number of hydrogen-bond donors (Lipinski definition) is 1. The van der Waals surface area contributed by atoms with Gasteiger partial charge in [-0.2, -0.15) is 0 Å². The summed E-state index contributed by atoms with van der Waals surface area (Å²) in [4.78, 5) is 0. The number of rotatable bonds is 8. The summed E-state index contributed by atoms with van der Waals surface area (Å²) in [7, 11) is -2.87. The largest absolute Gasteiger partial charge is 0.311 e. The molecule has 0 aliphatic rings. The molecule has 0 aromatic rings. The molecule has 4 heteroatoms. The molecular weight excluding hydrogens is 222 g/mol. The van der Waals surface area contributed by atoms with E-state index < -0.39 is 9.84 Å². The molecule has 3 nitrogen and oxygen atoms in total. The first-order chi connectivity index (χ1) is 7.20. The second kappa shape index (κ2) is 7.28. The monoisotopic (exact) mass is 249 g/mol. The van der Waals surface area contributed by atoms with Crippen LogP contribution in [0.15, 0.2) is 0 Å². The highest BCUT2D eigenvalue weighted by atomic mass is 32.2. The highest BCUT2D eigenvalue weighted by Gasteiger charge is 2.12. The van der Waals surface area contributed by atoms with Crippen LogP contribution < -0.4 is 5.32 Å². The third-order valence-electron chi connectivity index (χ3n) is 2.54. The third kappa shape index (κ3) is 10.4. The highest BCUT2D eigenvalue weighted by molar-refractivity contribution is 7.90. The molecule has 0 aromatic carbocycles. The standard InChI is InChI=1S/C12H27NO2S/c1-10(2)7-6-8-11(3)13-12(4)9-16(5,14)15/h10-13H,6-9H2,1-5H3. The number of hydrogen-bond acceptors (Lipinski definition) is 3. The maximum Gasteiger partial charge on any atom is 0.148 e. The van der Waals surface area contributed by atoms with E-state index in [4.69, 9.17) is 0 Å². The minimum atomic E-state index is -2.87. The predicted octanol–water partition coefficient (Wildman–Crippen LogP) is 2.22. The lowest BCUT2D eigenvalue weighted by atomic mass is 10.0. The molecule has 0 saturated carbocycles. The maximum atomic E-state index is 11.1. The van der Waals surface area contributed by atoms with E-state index in [0.29, 0.717) is 6.04 Å². The molecule has 0 radical (unpaired) electrons. The quantitative estimate of drug-likeness (QED) is 0.717. The van der Waals surface area contributed by atoms with Crippen molar-refractivity contribution in [3.63, 3.8) is 0 Å². The van der Waals surface area contributed by atoms with Gasteiger partial charge in [-0.1, -0.05) is 26.7 Å². The Balaban J connectivity index is 3.74. The predicted molar refractivity (Wildman–Crippen MR) is 70.5 cm³/mol. The van der Waals surface area contributed by atoms with Crippen LogP contribution in [0.25, 0.3) is 0 Å². The van der Waals surface area contributed by atoms with Gasteiger partial charge in [-0.25, -0.2) is 8.42 Å². The SMILES string of the molecule is CC(C)CCCC(C)NC(C)CS(C)(=O)=O. The Morgan fingerprint density at radius 3 is 2.00 bits per heavy atom. The van der Waals surface area contributed by atoms with Crippen LogP contribution >= 0.6 is 0 Å². The van der Waals surface area contributed by atoms with E-state index in [1.807, 2.05) is 6.92 Å². The Bertz CT molecular complexity index is 273. The van der Waals surface area contributed by atoms with Crippen molar-refractivity contribution < 1.29 is 8.42 Å². The first-order valence-electron chi connectivity index (χ1n) is 6.14. The first-order valence-corrected chi connectivity index (χ1v) is 8.20. The average molecular weight is 249 g/mol. The van der Waals surface area contributed by atoms with Gasteiger partial charge in [-0.05, 0) is 26.2 Å². The Morgan fingerprint density at radius 1 is 1.00 bits per heavy atom. The van der Waals surface area contributed by atoms with E-state index in [1.54, 1.807) is 0 Å². The smallest absolute Gasteiger partial charge is 0.148 e. The van der Waals surface area contributed by atoms with Gasteiger partial charge in [0, 0.05) is 18.3 Å². The van der Waals surface area contributed by atoms with Gasteiger partial charge in [0.25, 0.3) is 0 Å².